The molecule has 2 aromatic rings. The van der Waals surface area contributed by atoms with Crippen LogP contribution in [0.3, 0.4) is 0 Å². The van der Waals surface area contributed by atoms with Crippen molar-refractivity contribution in [2.24, 2.45) is 0 Å². The van der Waals surface area contributed by atoms with Crippen molar-refractivity contribution in [1.29, 1.82) is 0 Å². The van der Waals surface area contributed by atoms with Crippen molar-refractivity contribution in [3.63, 3.8) is 0 Å². The van der Waals surface area contributed by atoms with Crippen LogP contribution in [0.25, 0.3) is 10.9 Å². The minimum atomic E-state index is 0.583. The number of anilines is 2. The van der Waals surface area contributed by atoms with Crippen molar-refractivity contribution in [3.8, 4) is 0 Å². The number of hydrogen-bond donors (Lipinski definition) is 2. The van der Waals surface area contributed by atoms with Crippen LogP contribution >= 0.6 is 0 Å². The molecule has 0 unspecified atom stereocenters. The lowest BCUT2D eigenvalue weighted by Gasteiger charge is -2.15. The summed E-state index contributed by atoms with van der Waals surface area (Å²) >= 11 is 0. The van der Waals surface area contributed by atoms with E-state index in [1.165, 1.54) is 31.2 Å². The molecule has 3 N–H and O–H groups in total. The van der Waals surface area contributed by atoms with Crippen molar-refractivity contribution in [2.45, 2.75) is 31.6 Å². The minimum Gasteiger partial charge on any atom is -0.383 e. The Kier molecular flexibility index (Phi) is 3.59. The molecule has 1 saturated carbocycles. The van der Waals surface area contributed by atoms with E-state index in [1.807, 2.05) is 18.2 Å². The first-order valence-corrected chi connectivity index (χ1v) is 7.33. The Bertz CT molecular complexity index is 627. The van der Waals surface area contributed by atoms with E-state index in [0.717, 1.165) is 23.1 Å². The number of fused-ring (bicyclic) bond motifs is 1. The maximum atomic E-state index is 6.17. The summed E-state index contributed by atoms with van der Waals surface area (Å²) < 4.78 is 0. The lowest BCUT2D eigenvalue weighted by molar-refractivity contribution is 0.724. The molecule has 1 aromatic carbocycles. The number of pyridine rings is 1. The maximum absolute atomic E-state index is 6.17. The SMILES string of the molecule is C=CCNc1cccc2nc(N)c(C3CCCC3)cc12. The molecule has 0 saturated heterocycles. The smallest absolute Gasteiger partial charge is 0.127 e. The first kappa shape index (κ1) is 13.0. The van der Waals surface area contributed by atoms with Gasteiger partial charge in [0.05, 0.1) is 5.52 Å². The van der Waals surface area contributed by atoms with E-state index in [-0.39, 0.29) is 0 Å². The highest BCUT2D eigenvalue weighted by atomic mass is 14.9. The van der Waals surface area contributed by atoms with Crippen LogP contribution in [0.1, 0.15) is 37.2 Å². The second-order valence-electron chi connectivity index (χ2n) is 5.49. The molecule has 0 aliphatic heterocycles. The van der Waals surface area contributed by atoms with Crippen molar-refractivity contribution >= 4 is 22.4 Å². The van der Waals surface area contributed by atoms with Crippen LogP contribution in [0.15, 0.2) is 36.9 Å². The number of nitrogens with zero attached hydrogens (tertiary/aromatic N) is 1. The van der Waals surface area contributed by atoms with Gasteiger partial charge in [-0.1, -0.05) is 25.0 Å². The first-order chi connectivity index (χ1) is 9.79. The Balaban J connectivity index is 2.08. The predicted molar refractivity (Wildman–Crippen MR) is 86.1 cm³/mol. The normalized spacial score (nSPS) is 15.6. The largest absolute Gasteiger partial charge is 0.383 e. The van der Waals surface area contributed by atoms with Crippen molar-refractivity contribution in [1.82, 2.24) is 4.98 Å². The highest BCUT2D eigenvalue weighted by molar-refractivity contribution is 5.93. The predicted octanol–water partition coefficient (Wildman–Crippen LogP) is 4.07. The second kappa shape index (κ2) is 5.53. The van der Waals surface area contributed by atoms with Crippen molar-refractivity contribution in [2.75, 3.05) is 17.6 Å². The molecule has 0 atom stereocenters. The summed E-state index contributed by atoms with van der Waals surface area (Å²) in [6, 6.07) is 8.35. The van der Waals surface area contributed by atoms with Gasteiger partial charge in [-0.2, -0.15) is 0 Å². The molecule has 3 nitrogen and oxygen atoms in total. The fourth-order valence-corrected chi connectivity index (χ4v) is 3.13. The third-order valence-electron chi connectivity index (χ3n) is 4.15. The van der Waals surface area contributed by atoms with Gasteiger partial charge in [-0.05, 0) is 42.5 Å². The molecule has 0 bridgehead atoms. The number of benzene rings is 1. The van der Waals surface area contributed by atoms with Gasteiger partial charge in [0.1, 0.15) is 5.82 Å². The Hall–Kier alpha value is -2.03. The van der Waals surface area contributed by atoms with Crippen molar-refractivity contribution in [3.05, 3.63) is 42.5 Å². The van der Waals surface area contributed by atoms with E-state index in [4.69, 9.17) is 5.73 Å². The summed E-state index contributed by atoms with van der Waals surface area (Å²) in [5.74, 6) is 1.28. The number of aromatic nitrogens is 1. The van der Waals surface area contributed by atoms with E-state index in [1.54, 1.807) is 0 Å². The summed E-state index contributed by atoms with van der Waals surface area (Å²) in [7, 11) is 0. The quantitative estimate of drug-likeness (QED) is 0.821. The molecular formula is C17H21N3. The number of nitrogens with one attached hydrogen (secondary N) is 1. The topological polar surface area (TPSA) is 50.9 Å². The number of nitrogen functional groups attached to an aromatic ring is 1. The van der Waals surface area contributed by atoms with Crippen LogP contribution in [-0.2, 0) is 0 Å². The molecule has 1 aliphatic rings. The molecule has 104 valence electrons. The fourth-order valence-electron chi connectivity index (χ4n) is 3.13. The van der Waals surface area contributed by atoms with E-state index < -0.39 is 0 Å². The zero-order chi connectivity index (χ0) is 13.9. The molecular weight excluding hydrogens is 246 g/mol. The molecule has 1 aromatic heterocycles. The van der Waals surface area contributed by atoms with E-state index in [0.29, 0.717) is 11.7 Å². The number of hydrogen-bond acceptors (Lipinski definition) is 3. The standard InChI is InChI=1S/C17H21N3/c1-2-10-19-15-8-5-9-16-14(15)11-13(17(18)20-16)12-6-3-4-7-12/h2,5,8-9,11-12,19H,1,3-4,6-7,10H2,(H2,18,20). The van der Waals surface area contributed by atoms with Gasteiger partial charge >= 0.3 is 0 Å². The van der Waals surface area contributed by atoms with Gasteiger partial charge in [0.25, 0.3) is 0 Å². The summed E-state index contributed by atoms with van der Waals surface area (Å²) in [5.41, 5.74) is 9.46. The number of rotatable bonds is 4. The van der Waals surface area contributed by atoms with Crippen LogP contribution < -0.4 is 11.1 Å². The first-order valence-electron chi connectivity index (χ1n) is 7.33. The van der Waals surface area contributed by atoms with E-state index in [9.17, 15) is 0 Å². The third kappa shape index (κ3) is 2.36. The van der Waals surface area contributed by atoms with Crippen LogP contribution in [0.4, 0.5) is 11.5 Å². The second-order valence-corrected chi connectivity index (χ2v) is 5.49. The highest BCUT2D eigenvalue weighted by Gasteiger charge is 2.20. The van der Waals surface area contributed by atoms with Gasteiger partial charge in [0, 0.05) is 17.6 Å². The summed E-state index contributed by atoms with van der Waals surface area (Å²) in [6.45, 7) is 4.50. The molecule has 0 amide bonds. The van der Waals surface area contributed by atoms with Gasteiger partial charge < -0.3 is 11.1 Å². The van der Waals surface area contributed by atoms with Gasteiger partial charge in [-0.15, -0.1) is 6.58 Å². The van der Waals surface area contributed by atoms with Gasteiger partial charge in [0.2, 0.25) is 0 Å². The molecule has 1 fully saturated rings. The van der Waals surface area contributed by atoms with Crippen LogP contribution in [0.2, 0.25) is 0 Å². The Labute approximate surface area is 119 Å². The zero-order valence-corrected chi connectivity index (χ0v) is 11.7. The third-order valence-corrected chi connectivity index (χ3v) is 4.15. The van der Waals surface area contributed by atoms with Gasteiger partial charge in [0.15, 0.2) is 0 Å². The molecule has 20 heavy (non-hydrogen) atoms. The number of nitrogens with two attached hydrogens (primary N) is 1. The van der Waals surface area contributed by atoms with Crippen LogP contribution in [0.5, 0.6) is 0 Å². The average molecular weight is 267 g/mol. The molecule has 1 heterocycles. The maximum Gasteiger partial charge on any atom is 0.127 e. The average Bonchev–Trinajstić information content (AvgIpc) is 2.98. The molecule has 0 radical (unpaired) electrons. The lowest BCUT2D eigenvalue weighted by Crippen LogP contribution is -2.04. The summed E-state index contributed by atoms with van der Waals surface area (Å²) in [6.07, 6.45) is 6.94. The molecule has 1 aliphatic carbocycles. The molecule has 0 spiro atoms. The van der Waals surface area contributed by atoms with Gasteiger partial charge in [-0.25, -0.2) is 4.98 Å². The van der Waals surface area contributed by atoms with E-state index in [2.05, 4.69) is 29.0 Å². The Morgan fingerprint density at radius 3 is 2.90 bits per heavy atom. The fraction of sp³-hybridized carbons (Fsp3) is 0.353. The monoisotopic (exact) mass is 267 g/mol. The van der Waals surface area contributed by atoms with Crippen LogP contribution in [-0.4, -0.2) is 11.5 Å². The van der Waals surface area contributed by atoms with Crippen molar-refractivity contribution < 1.29 is 0 Å². The molecule has 3 rings (SSSR count). The lowest BCUT2D eigenvalue weighted by atomic mass is 9.96. The zero-order valence-electron chi connectivity index (χ0n) is 11.7. The highest BCUT2D eigenvalue weighted by Crippen LogP contribution is 2.38. The summed E-state index contributed by atoms with van der Waals surface area (Å²) in [4.78, 5) is 4.60. The minimum absolute atomic E-state index is 0.583. The Morgan fingerprint density at radius 1 is 1.35 bits per heavy atom. The van der Waals surface area contributed by atoms with Gasteiger partial charge in [-0.3, -0.25) is 0 Å². The molecule has 3 heteroatoms. The summed E-state index contributed by atoms with van der Waals surface area (Å²) in [5, 5.41) is 4.53. The van der Waals surface area contributed by atoms with Crippen LogP contribution in [0, 0.1) is 0 Å². The van der Waals surface area contributed by atoms with E-state index >= 15 is 0 Å². The Morgan fingerprint density at radius 2 is 2.15 bits per heavy atom.